The first-order valence-electron chi connectivity index (χ1n) is 8.79. The van der Waals surface area contributed by atoms with E-state index in [0.717, 1.165) is 23.9 Å². The van der Waals surface area contributed by atoms with Gasteiger partial charge in [-0.25, -0.2) is 4.79 Å². The summed E-state index contributed by atoms with van der Waals surface area (Å²) in [5.41, 5.74) is -1.36. The summed E-state index contributed by atoms with van der Waals surface area (Å²) in [5, 5.41) is 21.6. The van der Waals surface area contributed by atoms with Gasteiger partial charge in [0.25, 0.3) is 5.69 Å². The second kappa shape index (κ2) is 9.40. The van der Waals surface area contributed by atoms with E-state index in [1.54, 1.807) is 24.3 Å². The molecule has 0 fully saturated rings. The quantitative estimate of drug-likeness (QED) is 0.281. The van der Waals surface area contributed by atoms with Crippen molar-refractivity contribution in [2.24, 2.45) is 0 Å². The summed E-state index contributed by atoms with van der Waals surface area (Å²) < 4.78 is 38.7. The van der Waals surface area contributed by atoms with Gasteiger partial charge < -0.3 is 5.11 Å². The van der Waals surface area contributed by atoms with E-state index in [1.165, 1.54) is 12.1 Å². The minimum atomic E-state index is -4.69. The average Bonchev–Trinajstić information content (AvgIpc) is 2.71. The summed E-state index contributed by atoms with van der Waals surface area (Å²) in [7, 11) is 0. The van der Waals surface area contributed by atoms with Crippen molar-refractivity contribution >= 4 is 46.6 Å². The Labute approximate surface area is 193 Å². The van der Waals surface area contributed by atoms with E-state index < -0.39 is 28.2 Å². The molecule has 0 aliphatic rings. The first-order chi connectivity index (χ1) is 15.0. The molecule has 32 heavy (non-hydrogen) atoms. The van der Waals surface area contributed by atoms with E-state index in [-0.39, 0.29) is 17.7 Å². The Hall–Kier alpha value is -2.75. The Bertz CT molecular complexity index is 1220. The molecule has 0 saturated carbocycles. The van der Waals surface area contributed by atoms with Gasteiger partial charge in [0.05, 0.1) is 31.0 Å². The Morgan fingerprint density at radius 3 is 2.34 bits per heavy atom. The van der Waals surface area contributed by atoms with E-state index in [9.17, 15) is 33.2 Å². The summed E-state index contributed by atoms with van der Waals surface area (Å²) in [5.74, 6) is -1.52. The van der Waals surface area contributed by atoms with Gasteiger partial charge in [-0.1, -0.05) is 47.1 Å². The normalized spacial score (nSPS) is 11.4. The summed E-state index contributed by atoms with van der Waals surface area (Å²) in [6, 6.07) is 11.5. The number of carboxylic acid groups (broad SMARTS) is 1. The molecule has 3 aromatic carbocycles. The van der Waals surface area contributed by atoms with Crippen LogP contribution in [0.4, 0.5) is 18.9 Å². The van der Waals surface area contributed by atoms with Crippen LogP contribution in [-0.4, -0.2) is 16.0 Å². The van der Waals surface area contributed by atoms with E-state index >= 15 is 0 Å². The molecule has 3 rings (SSSR count). The van der Waals surface area contributed by atoms with Crippen LogP contribution in [0.1, 0.15) is 27.0 Å². The molecular weight excluding hydrogens is 490 g/mol. The molecule has 0 aromatic heterocycles. The first kappa shape index (κ1) is 23.9. The first-order valence-corrected chi connectivity index (χ1v) is 10.4. The molecule has 0 heterocycles. The monoisotopic (exact) mass is 501 g/mol. The lowest BCUT2D eigenvalue weighted by Crippen LogP contribution is -2.10. The van der Waals surface area contributed by atoms with Crippen LogP contribution in [0.2, 0.25) is 10.0 Å². The van der Waals surface area contributed by atoms with E-state index in [4.69, 9.17) is 23.2 Å². The van der Waals surface area contributed by atoms with Crippen LogP contribution >= 0.6 is 35.0 Å². The molecule has 0 spiro atoms. The Balaban J connectivity index is 1.94. The number of rotatable bonds is 6. The van der Waals surface area contributed by atoms with Gasteiger partial charge in [0.2, 0.25) is 0 Å². The van der Waals surface area contributed by atoms with Gasteiger partial charge in [0.15, 0.2) is 0 Å². The molecule has 166 valence electrons. The smallest absolute Gasteiger partial charge is 0.416 e. The molecule has 1 N–H and O–H groups in total. The molecule has 0 unspecified atom stereocenters. The largest absolute Gasteiger partial charge is 0.478 e. The average molecular weight is 502 g/mol. The van der Waals surface area contributed by atoms with Gasteiger partial charge in [-0.3, -0.25) is 10.1 Å². The lowest BCUT2D eigenvalue weighted by atomic mass is 9.97. The summed E-state index contributed by atoms with van der Waals surface area (Å²) in [6.45, 7) is 0. The third-order valence-corrected chi connectivity index (χ3v) is 6.19. The molecule has 0 bridgehead atoms. The predicted octanol–water partition coefficient (Wildman–Crippen LogP) is 7.36. The zero-order valence-electron chi connectivity index (χ0n) is 15.8. The number of benzene rings is 3. The van der Waals surface area contributed by atoms with Crippen molar-refractivity contribution in [1.82, 2.24) is 0 Å². The lowest BCUT2D eigenvalue weighted by molar-refractivity contribution is -0.387. The molecule has 0 aliphatic carbocycles. The summed E-state index contributed by atoms with van der Waals surface area (Å²) >= 11 is 12.9. The molecule has 3 aromatic rings. The zero-order chi connectivity index (χ0) is 23.6. The Kier molecular flexibility index (Phi) is 7.02. The van der Waals surface area contributed by atoms with Gasteiger partial charge in [-0.2, -0.15) is 13.2 Å². The van der Waals surface area contributed by atoms with Crippen LogP contribution < -0.4 is 0 Å². The van der Waals surface area contributed by atoms with Gasteiger partial charge in [0, 0.05) is 11.0 Å². The number of halogens is 5. The van der Waals surface area contributed by atoms with Crippen molar-refractivity contribution < 1.29 is 28.0 Å². The maximum atomic E-state index is 12.9. The van der Waals surface area contributed by atoms with Crippen LogP contribution in [0.15, 0.2) is 64.4 Å². The fraction of sp³-hybridized carbons (Fsp3) is 0.0952. The minimum Gasteiger partial charge on any atom is -0.478 e. The van der Waals surface area contributed by atoms with Gasteiger partial charge in [0.1, 0.15) is 0 Å². The molecule has 0 amide bonds. The topological polar surface area (TPSA) is 80.4 Å². The SMILES string of the molecule is O=C(O)c1cc(C(F)(F)F)ccc1Cc1ccc(Sc2ccc(Cl)c(Cl)c2)c([N+](=O)[O-])c1. The number of nitrogens with zero attached hydrogens (tertiary/aromatic N) is 1. The molecule has 0 atom stereocenters. The fourth-order valence-corrected chi connectivity index (χ4v) is 4.20. The standard InChI is InChI=1S/C21H12Cl2F3NO4S/c22-16-5-4-14(10-17(16)23)32-19-6-1-11(8-18(19)27(30)31)7-12-2-3-13(21(24,25)26)9-15(12)20(28)29/h1-6,8-10H,7H2,(H,28,29). The van der Waals surface area contributed by atoms with Crippen LogP contribution in [0.25, 0.3) is 0 Å². The zero-order valence-corrected chi connectivity index (χ0v) is 18.1. The van der Waals surface area contributed by atoms with Crippen molar-refractivity contribution in [1.29, 1.82) is 0 Å². The van der Waals surface area contributed by atoms with Crippen molar-refractivity contribution in [2.75, 3.05) is 0 Å². The van der Waals surface area contributed by atoms with Crippen LogP contribution in [-0.2, 0) is 12.6 Å². The number of nitro groups is 1. The van der Waals surface area contributed by atoms with Crippen molar-refractivity contribution in [3.8, 4) is 0 Å². The number of hydrogen-bond acceptors (Lipinski definition) is 4. The summed E-state index contributed by atoms with van der Waals surface area (Å²) in [6.07, 6.45) is -4.79. The Morgan fingerprint density at radius 2 is 1.75 bits per heavy atom. The fourth-order valence-electron chi connectivity index (χ4n) is 2.90. The van der Waals surface area contributed by atoms with Crippen molar-refractivity contribution in [3.63, 3.8) is 0 Å². The number of aromatic carboxylic acids is 1. The number of nitro benzene ring substituents is 1. The highest BCUT2D eigenvalue weighted by Gasteiger charge is 2.31. The molecule has 11 heteroatoms. The second-order valence-corrected chi connectivity index (χ2v) is 8.52. The molecule has 0 radical (unpaired) electrons. The van der Waals surface area contributed by atoms with Crippen molar-refractivity contribution in [3.05, 3.63) is 97.0 Å². The van der Waals surface area contributed by atoms with Crippen molar-refractivity contribution in [2.45, 2.75) is 22.4 Å². The highest BCUT2D eigenvalue weighted by Crippen LogP contribution is 2.38. The van der Waals surface area contributed by atoms with Gasteiger partial charge in [-0.05, 0) is 53.9 Å². The third-order valence-electron chi connectivity index (χ3n) is 4.40. The molecule has 5 nitrogen and oxygen atoms in total. The number of alkyl halides is 3. The van der Waals surface area contributed by atoms with Crippen LogP contribution in [0.5, 0.6) is 0 Å². The number of carbonyl (C=O) groups is 1. The number of hydrogen-bond donors (Lipinski definition) is 1. The minimum absolute atomic E-state index is 0.0989. The van der Waals surface area contributed by atoms with Gasteiger partial charge >= 0.3 is 12.1 Å². The molecule has 0 saturated heterocycles. The predicted molar refractivity (Wildman–Crippen MR) is 115 cm³/mol. The highest BCUT2D eigenvalue weighted by atomic mass is 35.5. The molecule has 0 aliphatic heterocycles. The highest BCUT2D eigenvalue weighted by molar-refractivity contribution is 7.99. The second-order valence-electron chi connectivity index (χ2n) is 6.59. The van der Waals surface area contributed by atoms with Crippen LogP contribution in [0.3, 0.4) is 0 Å². The molecular formula is C21H12Cl2F3NO4S. The van der Waals surface area contributed by atoms with Gasteiger partial charge in [-0.15, -0.1) is 0 Å². The number of carboxylic acids is 1. The Morgan fingerprint density at radius 1 is 1.03 bits per heavy atom. The third kappa shape index (κ3) is 5.53. The maximum absolute atomic E-state index is 12.9. The van der Waals surface area contributed by atoms with E-state index in [0.29, 0.717) is 31.5 Å². The van der Waals surface area contributed by atoms with E-state index in [1.807, 2.05) is 0 Å². The van der Waals surface area contributed by atoms with E-state index in [2.05, 4.69) is 0 Å². The lowest BCUT2D eigenvalue weighted by Gasteiger charge is -2.12. The van der Waals surface area contributed by atoms with Crippen LogP contribution in [0, 0.1) is 10.1 Å². The summed E-state index contributed by atoms with van der Waals surface area (Å²) in [4.78, 5) is 23.4. The maximum Gasteiger partial charge on any atom is 0.416 e.